The van der Waals surface area contributed by atoms with E-state index < -0.39 is 16.2 Å². The predicted molar refractivity (Wildman–Crippen MR) is 32.5 cm³/mol. The van der Waals surface area contributed by atoms with E-state index in [1.807, 2.05) is 0 Å². The second-order valence-electron chi connectivity index (χ2n) is 1.99. The van der Waals surface area contributed by atoms with Crippen molar-refractivity contribution >= 4 is 29.1 Å². The number of halogens is 2. The molecule has 52 valence electrons. The number of rotatable bonds is 1. The lowest BCUT2D eigenvalue weighted by molar-refractivity contribution is -0.130. The molecular formula is C4H5Cl2NO2. The Bertz CT molecular complexity index is 148. The van der Waals surface area contributed by atoms with Crippen LogP contribution in [0.5, 0.6) is 0 Å². The molecule has 5 heteroatoms. The van der Waals surface area contributed by atoms with E-state index in [0.29, 0.717) is 6.42 Å². The van der Waals surface area contributed by atoms with E-state index in [1.165, 1.54) is 5.48 Å². The van der Waals surface area contributed by atoms with Crippen LogP contribution in [-0.4, -0.2) is 15.4 Å². The van der Waals surface area contributed by atoms with E-state index in [1.54, 1.807) is 0 Å². The number of nitrogens with one attached hydrogen (secondary N) is 1. The Kier molecular flexibility index (Phi) is 1.59. The van der Waals surface area contributed by atoms with Crippen molar-refractivity contribution in [2.24, 2.45) is 5.92 Å². The van der Waals surface area contributed by atoms with Crippen LogP contribution in [0.1, 0.15) is 6.42 Å². The van der Waals surface area contributed by atoms with Gasteiger partial charge < -0.3 is 0 Å². The molecule has 1 aliphatic carbocycles. The number of amides is 1. The van der Waals surface area contributed by atoms with Gasteiger partial charge in [-0.25, -0.2) is 5.48 Å². The van der Waals surface area contributed by atoms with E-state index in [2.05, 4.69) is 0 Å². The minimum absolute atomic E-state index is 0.419. The molecule has 1 saturated carbocycles. The summed E-state index contributed by atoms with van der Waals surface area (Å²) in [5.74, 6) is -0.953. The Labute approximate surface area is 61.9 Å². The third kappa shape index (κ3) is 1.28. The van der Waals surface area contributed by atoms with Gasteiger partial charge in [-0.15, -0.1) is 23.2 Å². The van der Waals surface area contributed by atoms with Crippen LogP contribution in [0.4, 0.5) is 0 Å². The molecule has 1 atom stereocenters. The van der Waals surface area contributed by atoms with Crippen LogP contribution in [-0.2, 0) is 4.79 Å². The first-order valence-corrected chi connectivity index (χ1v) is 3.15. The first kappa shape index (κ1) is 7.12. The number of carbonyl (C=O) groups is 1. The van der Waals surface area contributed by atoms with Gasteiger partial charge in [-0.2, -0.15) is 0 Å². The molecule has 2 N–H and O–H groups in total. The van der Waals surface area contributed by atoms with Gasteiger partial charge in [0.05, 0.1) is 5.92 Å². The minimum atomic E-state index is -0.938. The molecule has 0 aromatic rings. The summed E-state index contributed by atoms with van der Waals surface area (Å²) in [6, 6.07) is 0. The second-order valence-corrected chi connectivity index (χ2v) is 3.54. The lowest BCUT2D eigenvalue weighted by atomic mass is 10.4. The maximum Gasteiger partial charge on any atom is 0.249 e. The van der Waals surface area contributed by atoms with Gasteiger partial charge in [-0.05, 0) is 6.42 Å². The SMILES string of the molecule is O=C(NO)C1CC1(Cl)Cl. The fraction of sp³-hybridized carbons (Fsp3) is 0.750. The van der Waals surface area contributed by atoms with Crippen LogP contribution in [0.25, 0.3) is 0 Å². The Hall–Kier alpha value is 0.01000. The van der Waals surface area contributed by atoms with E-state index in [4.69, 9.17) is 28.4 Å². The molecular weight excluding hydrogens is 165 g/mol. The molecule has 1 unspecified atom stereocenters. The van der Waals surface area contributed by atoms with Crippen molar-refractivity contribution in [2.75, 3.05) is 0 Å². The fourth-order valence-electron chi connectivity index (χ4n) is 0.576. The Morgan fingerprint density at radius 3 is 2.33 bits per heavy atom. The summed E-state index contributed by atoms with van der Waals surface area (Å²) < 4.78 is -0.938. The van der Waals surface area contributed by atoms with Gasteiger partial charge >= 0.3 is 0 Å². The smallest absolute Gasteiger partial charge is 0.249 e. The first-order valence-electron chi connectivity index (χ1n) is 2.39. The molecule has 1 amide bonds. The van der Waals surface area contributed by atoms with Crippen LogP contribution in [0.3, 0.4) is 0 Å². The molecule has 0 aromatic heterocycles. The van der Waals surface area contributed by atoms with Gasteiger partial charge in [0, 0.05) is 0 Å². The van der Waals surface area contributed by atoms with E-state index in [9.17, 15) is 4.79 Å². The highest BCUT2D eigenvalue weighted by molar-refractivity contribution is 6.52. The van der Waals surface area contributed by atoms with E-state index in [-0.39, 0.29) is 0 Å². The van der Waals surface area contributed by atoms with Gasteiger partial charge in [0.1, 0.15) is 4.33 Å². The molecule has 0 bridgehead atoms. The molecule has 0 spiro atoms. The molecule has 3 nitrogen and oxygen atoms in total. The zero-order valence-electron chi connectivity index (χ0n) is 4.40. The molecule has 0 saturated heterocycles. The predicted octanol–water partition coefficient (Wildman–Crippen LogP) is 0.686. The summed E-state index contributed by atoms with van der Waals surface area (Å²) in [5, 5.41) is 8.06. The molecule has 0 aromatic carbocycles. The van der Waals surface area contributed by atoms with Crippen molar-refractivity contribution < 1.29 is 10.0 Å². The van der Waals surface area contributed by atoms with Gasteiger partial charge in [0.25, 0.3) is 0 Å². The third-order valence-electron chi connectivity index (χ3n) is 1.25. The number of hydroxylamine groups is 1. The Morgan fingerprint density at radius 2 is 2.22 bits per heavy atom. The largest absolute Gasteiger partial charge is 0.289 e. The van der Waals surface area contributed by atoms with Crippen LogP contribution in [0.15, 0.2) is 0 Å². The minimum Gasteiger partial charge on any atom is -0.289 e. The lowest BCUT2D eigenvalue weighted by Crippen LogP contribution is -2.22. The average molecular weight is 170 g/mol. The zero-order chi connectivity index (χ0) is 7.07. The topological polar surface area (TPSA) is 49.3 Å². The van der Waals surface area contributed by atoms with Crippen LogP contribution in [0.2, 0.25) is 0 Å². The maximum absolute atomic E-state index is 10.5. The summed E-state index contributed by atoms with van der Waals surface area (Å²) in [6.45, 7) is 0. The van der Waals surface area contributed by atoms with Crippen molar-refractivity contribution in [3.8, 4) is 0 Å². The number of hydrogen-bond acceptors (Lipinski definition) is 2. The normalized spacial score (nSPS) is 29.4. The van der Waals surface area contributed by atoms with Gasteiger partial charge in [-0.1, -0.05) is 0 Å². The monoisotopic (exact) mass is 169 g/mol. The molecule has 1 aliphatic rings. The molecule has 1 rings (SSSR count). The van der Waals surface area contributed by atoms with Gasteiger partial charge in [0.2, 0.25) is 5.91 Å². The standard InChI is InChI=1S/C4H5Cl2NO2/c5-4(6)1-2(4)3(8)7-9/h2,9H,1H2,(H,7,8). The summed E-state index contributed by atoms with van der Waals surface area (Å²) in [6.07, 6.45) is 0.419. The molecule has 0 radical (unpaired) electrons. The fourth-order valence-corrected chi connectivity index (χ4v) is 1.08. The van der Waals surface area contributed by atoms with Crippen molar-refractivity contribution in [1.82, 2.24) is 5.48 Å². The van der Waals surface area contributed by atoms with Gasteiger partial charge in [-0.3, -0.25) is 10.0 Å². The lowest BCUT2D eigenvalue weighted by Gasteiger charge is -1.94. The second kappa shape index (κ2) is 2.01. The average Bonchev–Trinajstić information content (AvgIpc) is 2.38. The summed E-state index contributed by atoms with van der Waals surface area (Å²) in [5.41, 5.74) is 1.47. The molecule has 0 heterocycles. The zero-order valence-corrected chi connectivity index (χ0v) is 5.91. The molecule has 9 heavy (non-hydrogen) atoms. The number of alkyl halides is 2. The van der Waals surface area contributed by atoms with E-state index in [0.717, 1.165) is 0 Å². The van der Waals surface area contributed by atoms with Crippen molar-refractivity contribution in [3.05, 3.63) is 0 Å². The van der Waals surface area contributed by atoms with Crippen LogP contribution in [0, 0.1) is 5.92 Å². The third-order valence-corrected chi connectivity index (χ3v) is 2.09. The highest BCUT2D eigenvalue weighted by Crippen LogP contribution is 2.52. The van der Waals surface area contributed by atoms with Gasteiger partial charge in [0.15, 0.2) is 0 Å². The highest BCUT2D eigenvalue weighted by atomic mass is 35.5. The van der Waals surface area contributed by atoms with Crippen LogP contribution < -0.4 is 5.48 Å². The maximum atomic E-state index is 10.5. The Morgan fingerprint density at radius 1 is 1.78 bits per heavy atom. The van der Waals surface area contributed by atoms with Crippen molar-refractivity contribution in [2.45, 2.75) is 10.8 Å². The van der Waals surface area contributed by atoms with Crippen molar-refractivity contribution in [1.29, 1.82) is 0 Å². The molecule has 1 fully saturated rings. The molecule has 0 aliphatic heterocycles. The van der Waals surface area contributed by atoms with E-state index >= 15 is 0 Å². The number of carbonyl (C=O) groups excluding carboxylic acids is 1. The first-order chi connectivity index (χ1) is 4.08. The highest BCUT2D eigenvalue weighted by Gasteiger charge is 2.56. The Balaban J connectivity index is 2.42. The quantitative estimate of drug-likeness (QED) is 0.345. The van der Waals surface area contributed by atoms with Crippen molar-refractivity contribution in [3.63, 3.8) is 0 Å². The summed E-state index contributed by atoms with van der Waals surface area (Å²) >= 11 is 10.9. The van der Waals surface area contributed by atoms with Crippen LogP contribution >= 0.6 is 23.2 Å². The summed E-state index contributed by atoms with van der Waals surface area (Å²) in [7, 11) is 0. The summed E-state index contributed by atoms with van der Waals surface area (Å²) in [4.78, 5) is 10.5. The number of hydrogen-bond donors (Lipinski definition) is 2.